The average molecular weight is 366 g/mol. The lowest BCUT2D eigenvalue weighted by molar-refractivity contribution is -0.124. The molecular formula is C17H24F2N6O. The summed E-state index contributed by atoms with van der Waals surface area (Å²) in [7, 11) is 0. The fraction of sp³-hybridized carbons (Fsp3) is 0.294. The number of carbonyl (C=O) groups excluding carboxylic acids is 1. The van der Waals surface area contributed by atoms with Crippen molar-refractivity contribution in [2.24, 2.45) is 0 Å². The summed E-state index contributed by atoms with van der Waals surface area (Å²) < 4.78 is 27.7. The fourth-order valence-electron chi connectivity index (χ4n) is 2.48. The van der Waals surface area contributed by atoms with Crippen molar-refractivity contribution < 1.29 is 17.9 Å². The van der Waals surface area contributed by atoms with Crippen LogP contribution in [0.25, 0.3) is 22.4 Å². The van der Waals surface area contributed by atoms with Gasteiger partial charge in [0.25, 0.3) is 0 Å². The Morgan fingerprint density at radius 2 is 2.08 bits per heavy atom. The lowest BCUT2D eigenvalue weighted by Gasteiger charge is -2.25. The Morgan fingerprint density at radius 1 is 1.31 bits per heavy atom. The topological polar surface area (TPSA) is 95.6 Å². The van der Waals surface area contributed by atoms with E-state index in [0.717, 1.165) is 12.4 Å². The first-order valence-electron chi connectivity index (χ1n) is 8.04. The maximum Gasteiger partial charge on any atom is 0.245 e. The minimum Gasteiger partial charge on any atom is -0.354 e. The molecule has 3 aromatic heterocycles. The van der Waals surface area contributed by atoms with E-state index in [4.69, 9.17) is 0 Å². The van der Waals surface area contributed by atoms with E-state index in [-0.39, 0.29) is 21.8 Å². The van der Waals surface area contributed by atoms with Crippen LogP contribution in [0.3, 0.4) is 0 Å². The van der Waals surface area contributed by atoms with Crippen molar-refractivity contribution in [3.8, 4) is 11.4 Å². The number of hydrogen-bond acceptors (Lipinski definition) is 5. The molecule has 1 amide bonds. The minimum atomic E-state index is -1.09. The van der Waals surface area contributed by atoms with Crippen molar-refractivity contribution in [3.05, 3.63) is 36.3 Å². The molecule has 142 valence electrons. The molecule has 0 atom stereocenters. The molecule has 0 spiro atoms. The first-order chi connectivity index (χ1) is 12.3. The van der Waals surface area contributed by atoms with Crippen molar-refractivity contribution in [3.63, 3.8) is 0 Å². The van der Waals surface area contributed by atoms with Crippen LogP contribution in [0.4, 0.5) is 14.6 Å². The zero-order valence-electron chi connectivity index (χ0n) is 14.5. The number of H-pyrrole nitrogens is 1. The van der Waals surface area contributed by atoms with Gasteiger partial charge in [-0.25, -0.2) is 23.7 Å². The van der Waals surface area contributed by atoms with Crippen LogP contribution >= 0.6 is 0 Å². The second-order valence-corrected chi connectivity index (χ2v) is 6.25. The first kappa shape index (κ1) is 17.7. The highest BCUT2D eigenvalue weighted by Crippen LogP contribution is 2.27. The van der Waals surface area contributed by atoms with Gasteiger partial charge in [0.2, 0.25) is 5.91 Å². The highest BCUT2D eigenvalue weighted by Gasteiger charge is 2.28. The molecule has 0 saturated heterocycles. The van der Waals surface area contributed by atoms with E-state index in [1.54, 1.807) is 27.0 Å². The van der Waals surface area contributed by atoms with E-state index >= 15 is 0 Å². The molecule has 0 unspecified atom stereocenters. The van der Waals surface area contributed by atoms with Gasteiger partial charge in [0.15, 0.2) is 17.5 Å². The van der Waals surface area contributed by atoms with Crippen LogP contribution < -0.4 is 10.6 Å². The number of pyridine rings is 1. The Hall–Kier alpha value is -3.10. The Balaban J connectivity index is 0.00000261. The fourth-order valence-corrected chi connectivity index (χ4v) is 2.48. The number of aromatic nitrogens is 4. The molecule has 3 N–H and O–H groups in total. The summed E-state index contributed by atoms with van der Waals surface area (Å²) >= 11 is 0. The van der Waals surface area contributed by atoms with E-state index in [1.807, 2.05) is 0 Å². The van der Waals surface area contributed by atoms with Gasteiger partial charge in [0, 0.05) is 28.0 Å². The highest BCUT2D eigenvalue weighted by molar-refractivity contribution is 5.92. The summed E-state index contributed by atoms with van der Waals surface area (Å²) in [5.74, 6) is -1.44. The molecule has 3 heterocycles. The molecule has 0 aliphatic carbocycles. The maximum absolute atomic E-state index is 14.2. The van der Waals surface area contributed by atoms with Gasteiger partial charge in [-0.15, -0.1) is 0 Å². The van der Waals surface area contributed by atoms with Crippen LogP contribution in [0.1, 0.15) is 25.1 Å². The van der Waals surface area contributed by atoms with Gasteiger partial charge in [-0.3, -0.25) is 4.79 Å². The summed E-state index contributed by atoms with van der Waals surface area (Å²) in [4.78, 5) is 27.1. The van der Waals surface area contributed by atoms with Crippen LogP contribution in [0, 0.1) is 11.6 Å². The van der Waals surface area contributed by atoms with Crippen LogP contribution in [-0.2, 0) is 4.79 Å². The molecule has 0 bridgehead atoms. The third-order valence-corrected chi connectivity index (χ3v) is 3.82. The molecule has 0 aliphatic rings. The van der Waals surface area contributed by atoms with Crippen molar-refractivity contribution in [2.45, 2.75) is 26.3 Å². The van der Waals surface area contributed by atoms with Crippen LogP contribution in [0.2, 0.25) is 0 Å². The van der Waals surface area contributed by atoms with Crippen molar-refractivity contribution in [1.82, 2.24) is 25.3 Å². The molecule has 26 heavy (non-hydrogen) atoms. The molecule has 9 heteroatoms. The van der Waals surface area contributed by atoms with Gasteiger partial charge >= 0.3 is 0 Å². The molecule has 0 aliphatic heterocycles. The summed E-state index contributed by atoms with van der Waals surface area (Å²) in [5.41, 5.74) is -0.145. The lowest BCUT2D eigenvalue weighted by atomic mass is 10.0. The molecule has 0 saturated carbocycles. The maximum atomic E-state index is 14.2. The summed E-state index contributed by atoms with van der Waals surface area (Å²) in [6.07, 6.45) is 3.67. The number of nitrogens with one attached hydrogen (secondary N) is 3. The number of likely N-dealkylation sites (N-methyl/N-ethyl adjacent to an activating group) is 1. The van der Waals surface area contributed by atoms with Crippen LogP contribution in [0.5, 0.6) is 0 Å². The quantitative estimate of drug-likeness (QED) is 0.643. The Kier molecular flexibility index (Phi) is 4.54. The van der Waals surface area contributed by atoms with Gasteiger partial charge in [0.05, 0.1) is 12.4 Å². The van der Waals surface area contributed by atoms with Gasteiger partial charge in [-0.1, -0.05) is 0 Å². The Morgan fingerprint density at radius 3 is 2.81 bits per heavy atom. The SMILES string of the molecule is CCNC(=O)C(C)(C)Nc1nc(-c2c[nH]c3ncc(F)cc23)ncc1F.[HH].[HH].[HH]. The molecule has 3 aromatic rings. The second-order valence-electron chi connectivity index (χ2n) is 6.25. The number of rotatable bonds is 5. The summed E-state index contributed by atoms with van der Waals surface area (Å²) in [6.45, 7) is 5.48. The number of carbonyl (C=O) groups is 1. The lowest BCUT2D eigenvalue weighted by Crippen LogP contribution is -2.48. The van der Waals surface area contributed by atoms with E-state index in [9.17, 15) is 13.6 Å². The Bertz CT molecular complexity index is 983. The predicted octanol–water partition coefficient (Wildman–Crippen LogP) is 3.36. The monoisotopic (exact) mass is 366 g/mol. The third kappa shape index (κ3) is 3.32. The van der Waals surface area contributed by atoms with E-state index in [1.165, 1.54) is 6.07 Å². The number of anilines is 1. The van der Waals surface area contributed by atoms with E-state index in [0.29, 0.717) is 23.1 Å². The Labute approximate surface area is 152 Å². The first-order valence-corrected chi connectivity index (χ1v) is 8.04. The highest BCUT2D eigenvalue weighted by atomic mass is 19.1. The minimum absolute atomic E-state index is 0. The number of fused-ring (bicyclic) bond motifs is 1. The third-order valence-electron chi connectivity index (χ3n) is 3.82. The molecule has 0 fully saturated rings. The van der Waals surface area contributed by atoms with Crippen LogP contribution in [-0.4, -0.2) is 37.9 Å². The molecule has 0 radical (unpaired) electrons. The largest absolute Gasteiger partial charge is 0.354 e. The normalized spacial score (nSPS) is 11.6. The van der Waals surface area contributed by atoms with E-state index in [2.05, 4.69) is 30.6 Å². The van der Waals surface area contributed by atoms with Crippen molar-refractivity contribution >= 4 is 22.8 Å². The second kappa shape index (κ2) is 6.66. The van der Waals surface area contributed by atoms with E-state index < -0.39 is 17.2 Å². The van der Waals surface area contributed by atoms with Gasteiger partial charge in [-0.2, -0.15) is 0 Å². The van der Waals surface area contributed by atoms with Gasteiger partial charge < -0.3 is 15.6 Å². The average Bonchev–Trinajstić information content (AvgIpc) is 3.00. The van der Waals surface area contributed by atoms with Crippen LogP contribution in [0.15, 0.2) is 24.7 Å². The summed E-state index contributed by atoms with van der Waals surface area (Å²) in [6, 6.07) is 1.30. The van der Waals surface area contributed by atoms with Crippen molar-refractivity contribution in [2.75, 3.05) is 11.9 Å². The molecular weight excluding hydrogens is 342 g/mol. The number of aromatic amines is 1. The van der Waals surface area contributed by atoms with Crippen molar-refractivity contribution in [1.29, 1.82) is 0 Å². The summed E-state index contributed by atoms with van der Waals surface area (Å²) in [5, 5.41) is 5.95. The standard InChI is InChI=1S/C17H18F2N6O.3H2/c1-4-20-16(26)17(2,3)25-15-12(19)8-23-14(24-15)11-7-22-13-10(11)5-9(18)6-21-13;;;/h5-8H,4H2,1-3H3,(H,20,26)(H,21,22)(H,23,24,25);3*1H. The number of hydrogen-bond donors (Lipinski definition) is 3. The molecule has 3 rings (SSSR count). The zero-order chi connectivity index (χ0) is 18.9. The number of halogens is 2. The number of nitrogens with zero attached hydrogens (tertiary/aromatic N) is 3. The number of amides is 1. The van der Waals surface area contributed by atoms with Gasteiger partial charge in [0.1, 0.15) is 17.0 Å². The molecule has 0 aromatic carbocycles. The smallest absolute Gasteiger partial charge is 0.245 e. The zero-order valence-corrected chi connectivity index (χ0v) is 14.5. The predicted molar refractivity (Wildman–Crippen MR) is 99.8 cm³/mol. The molecule has 7 nitrogen and oxygen atoms in total. The van der Waals surface area contributed by atoms with Gasteiger partial charge in [-0.05, 0) is 26.8 Å².